The Hall–Kier alpha value is -1.36. The van der Waals surface area contributed by atoms with E-state index in [2.05, 4.69) is 4.98 Å². The molecule has 0 amide bonds. The lowest BCUT2D eigenvalue weighted by Crippen LogP contribution is -2.03. The van der Waals surface area contributed by atoms with Gasteiger partial charge in [-0.15, -0.1) is 11.3 Å². The average molecular weight is 243 g/mol. The molecule has 0 atom stereocenters. The number of aryl methyl sites for hydroxylation is 1. The van der Waals surface area contributed by atoms with E-state index >= 15 is 0 Å². The van der Waals surface area contributed by atoms with Crippen molar-refractivity contribution in [3.05, 3.63) is 41.0 Å². The van der Waals surface area contributed by atoms with Crippen LogP contribution in [0, 0.1) is 6.92 Å². The van der Waals surface area contributed by atoms with Gasteiger partial charge in [-0.3, -0.25) is 0 Å². The fourth-order valence-corrected chi connectivity index (χ4v) is 2.10. The Bertz CT molecular complexity index is 485. The number of hydrogen-bond donors (Lipinski definition) is 0. The van der Waals surface area contributed by atoms with Crippen LogP contribution >= 0.6 is 11.3 Å². The molecule has 1 aromatic carbocycles. The predicted molar refractivity (Wildman–Crippen MR) is 57.3 cm³/mol. The van der Waals surface area contributed by atoms with E-state index in [1.165, 1.54) is 23.5 Å². The van der Waals surface area contributed by atoms with Crippen LogP contribution in [0.2, 0.25) is 0 Å². The molecule has 2 rings (SSSR count). The van der Waals surface area contributed by atoms with Gasteiger partial charge in [-0.25, -0.2) is 4.98 Å². The summed E-state index contributed by atoms with van der Waals surface area (Å²) in [4.78, 5) is 4.94. The summed E-state index contributed by atoms with van der Waals surface area (Å²) in [5, 5.41) is 0.898. The first-order valence-corrected chi connectivity index (χ1v) is 5.38. The van der Waals surface area contributed by atoms with Crippen LogP contribution in [0.15, 0.2) is 30.5 Å². The van der Waals surface area contributed by atoms with E-state index in [1.54, 1.807) is 6.20 Å². The van der Waals surface area contributed by atoms with Crippen molar-refractivity contribution < 1.29 is 13.2 Å². The molecule has 1 heterocycles. The fraction of sp³-hybridized carbons (Fsp3) is 0.182. The normalized spacial score (nSPS) is 11.8. The molecule has 2 aromatic rings. The maximum Gasteiger partial charge on any atom is 0.416 e. The van der Waals surface area contributed by atoms with E-state index < -0.39 is 11.7 Å². The number of aromatic nitrogens is 1. The minimum Gasteiger partial charge on any atom is -0.249 e. The molecule has 0 saturated heterocycles. The van der Waals surface area contributed by atoms with Crippen LogP contribution in [0.25, 0.3) is 10.4 Å². The Kier molecular flexibility index (Phi) is 2.71. The second kappa shape index (κ2) is 3.90. The lowest BCUT2D eigenvalue weighted by atomic mass is 10.1. The number of rotatable bonds is 1. The van der Waals surface area contributed by atoms with Gasteiger partial charge in [0, 0.05) is 6.20 Å². The summed E-state index contributed by atoms with van der Waals surface area (Å²) in [5.41, 5.74) is 0.135. The molecule has 1 aromatic heterocycles. The highest BCUT2D eigenvalue weighted by atomic mass is 32.1. The Labute approximate surface area is 94.6 Å². The molecule has 0 unspecified atom stereocenters. The SMILES string of the molecule is Cc1ncc(-c2ccc(C(F)(F)F)cc2)s1. The highest BCUT2D eigenvalue weighted by molar-refractivity contribution is 7.15. The van der Waals surface area contributed by atoms with Crippen molar-refractivity contribution in [3.63, 3.8) is 0 Å². The Morgan fingerprint density at radius 3 is 2.19 bits per heavy atom. The first-order valence-electron chi connectivity index (χ1n) is 4.57. The third-order valence-electron chi connectivity index (χ3n) is 2.12. The lowest BCUT2D eigenvalue weighted by Gasteiger charge is -2.06. The molecule has 5 heteroatoms. The third kappa shape index (κ3) is 2.24. The van der Waals surface area contributed by atoms with E-state index in [1.807, 2.05) is 6.92 Å². The fourth-order valence-electron chi connectivity index (χ4n) is 1.32. The minimum atomic E-state index is -4.28. The first-order chi connectivity index (χ1) is 7.47. The van der Waals surface area contributed by atoms with Crippen LogP contribution in [0.1, 0.15) is 10.6 Å². The first kappa shape index (κ1) is 11.1. The van der Waals surface area contributed by atoms with Gasteiger partial charge in [-0.1, -0.05) is 12.1 Å². The van der Waals surface area contributed by atoms with E-state index in [0.717, 1.165) is 27.6 Å². The van der Waals surface area contributed by atoms with Gasteiger partial charge in [0.1, 0.15) is 0 Å². The zero-order valence-electron chi connectivity index (χ0n) is 8.38. The molecule has 84 valence electrons. The molecular weight excluding hydrogens is 235 g/mol. The van der Waals surface area contributed by atoms with Crippen LogP contribution in [0.5, 0.6) is 0 Å². The second-order valence-corrected chi connectivity index (χ2v) is 4.55. The van der Waals surface area contributed by atoms with Crippen LogP contribution in [-0.4, -0.2) is 4.98 Å². The van der Waals surface area contributed by atoms with Crippen molar-refractivity contribution in [2.75, 3.05) is 0 Å². The number of halogens is 3. The standard InChI is InChI=1S/C11H8F3NS/c1-7-15-6-10(16-7)8-2-4-9(5-3-8)11(12,13)14/h2-6H,1H3. The monoisotopic (exact) mass is 243 g/mol. The molecule has 0 radical (unpaired) electrons. The summed E-state index contributed by atoms with van der Waals surface area (Å²) < 4.78 is 36.9. The van der Waals surface area contributed by atoms with E-state index in [-0.39, 0.29) is 0 Å². The smallest absolute Gasteiger partial charge is 0.249 e. The summed E-state index contributed by atoms with van der Waals surface area (Å²) in [7, 11) is 0. The lowest BCUT2D eigenvalue weighted by molar-refractivity contribution is -0.137. The third-order valence-corrected chi connectivity index (χ3v) is 3.08. The molecule has 0 bridgehead atoms. The predicted octanol–water partition coefficient (Wildman–Crippen LogP) is 4.14. The summed E-state index contributed by atoms with van der Waals surface area (Å²) in [6.07, 6.45) is -2.61. The van der Waals surface area contributed by atoms with Crippen molar-refractivity contribution in [1.29, 1.82) is 0 Å². The molecular formula is C11H8F3NS. The van der Waals surface area contributed by atoms with E-state index in [0.29, 0.717) is 0 Å². The topological polar surface area (TPSA) is 12.9 Å². The highest BCUT2D eigenvalue weighted by Gasteiger charge is 2.29. The molecule has 0 saturated carbocycles. The Balaban J connectivity index is 2.33. The molecule has 0 spiro atoms. The number of benzene rings is 1. The Morgan fingerprint density at radius 1 is 1.12 bits per heavy atom. The molecule has 0 aliphatic rings. The molecule has 0 aliphatic carbocycles. The van der Waals surface area contributed by atoms with Gasteiger partial charge in [0.05, 0.1) is 15.4 Å². The van der Waals surface area contributed by atoms with Crippen molar-refractivity contribution in [2.45, 2.75) is 13.1 Å². The number of thiazole rings is 1. The van der Waals surface area contributed by atoms with Crippen molar-refractivity contribution in [3.8, 4) is 10.4 Å². The molecule has 0 aliphatic heterocycles. The van der Waals surface area contributed by atoms with Gasteiger partial charge >= 0.3 is 6.18 Å². The van der Waals surface area contributed by atoms with Gasteiger partial charge in [0.15, 0.2) is 0 Å². The maximum atomic E-state index is 12.3. The van der Waals surface area contributed by atoms with Gasteiger partial charge < -0.3 is 0 Å². The number of nitrogens with zero attached hydrogens (tertiary/aromatic N) is 1. The number of alkyl halides is 3. The van der Waals surface area contributed by atoms with E-state index in [4.69, 9.17) is 0 Å². The van der Waals surface area contributed by atoms with Crippen molar-refractivity contribution in [1.82, 2.24) is 4.98 Å². The molecule has 16 heavy (non-hydrogen) atoms. The summed E-state index contributed by atoms with van der Waals surface area (Å²) in [5.74, 6) is 0. The van der Waals surface area contributed by atoms with E-state index in [9.17, 15) is 13.2 Å². The zero-order chi connectivity index (χ0) is 11.8. The molecule has 1 nitrogen and oxygen atoms in total. The number of hydrogen-bond acceptors (Lipinski definition) is 2. The maximum absolute atomic E-state index is 12.3. The summed E-state index contributed by atoms with van der Waals surface area (Å²) >= 11 is 1.46. The quantitative estimate of drug-likeness (QED) is 0.733. The molecule has 0 N–H and O–H groups in total. The molecule has 0 fully saturated rings. The van der Waals surface area contributed by atoms with Crippen LogP contribution < -0.4 is 0 Å². The van der Waals surface area contributed by atoms with Crippen LogP contribution in [0.4, 0.5) is 13.2 Å². The van der Waals surface area contributed by atoms with Crippen molar-refractivity contribution in [2.24, 2.45) is 0 Å². The largest absolute Gasteiger partial charge is 0.416 e. The van der Waals surface area contributed by atoms with Crippen LogP contribution in [0.3, 0.4) is 0 Å². The zero-order valence-corrected chi connectivity index (χ0v) is 9.19. The van der Waals surface area contributed by atoms with Gasteiger partial charge in [0.2, 0.25) is 0 Å². The van der Waals surface area contributed by atoms with Gasteiger partial charge in [-0.05, 0) is 24.6 Å². The highest BCUT2D eigenvalue weighted by Crippen LogP contribution is 2.32. The van der Waals surface area contributed by atoms with Crippen molar-refractivity contribution >= 4 is 11.3 Å². The Morgan fingerprint density at radius 2 is 1.75 bits per heavy atom. The summed E-state index contributed by atoms with van der Waals surface area (Å²) in [6, 6.07) is 5.11. The second-order valence-electron chi connectivity index (χ2n) is 3.32. The summed E-state index contributed by atoms with van der Waals surface area (Å²) in [6.45, 7) is 1.86. The van der Waals surface area contributed by atoms with Gasteiger partial charge in [-0.2, -0.15) is 13.2 Å². The van der Waals surface area contributed by atoms with Gasteiger partial charge in [0.25, 0.3) is 0 Å². The van der Waals surface area contributed by atoms with Crippen LogP contribution in [-0.2, 0) is 6.18 Å². The minimum absolute atomic E-state index is 0.627. The average Bonchev–Trinajstić information content (AvgIpc) is 2.64.